The number of methoxy groups -OCH3 is 1. The monoisotopic (exact) mass is 367 g/mol. The number of aryl methyl sites for hydroxylation is 1. The van der Waals surface area contributed by atoms with Gasteiger partial charge in [-0.3, -0.25) is 9.59 Å². The Hall–Kier alpha value is -2.66. The summed E-state index contributed by atoms with van der Waals surface area (Å²) in [5, 5.41) is 2.92. The molecule has 0 saturated carbocycles. The zero-order chi connectivity index (χ0) is 19.2. The summed E-state index contributed by atoms with van der Waals surface area (Å²) >= 11 is 0. The van der Waals surface area contributed by atoms with Gasteiger partial charge >= 0.3 is 0 Å². The number of ketones is 1. The molecule has 5 heteroatoms. The van der Waals surface area contributed by atoms with E-state index in [-0.39, 0.29) is 17.6 Å². The van der Waals surface area contributed by atoms with Crippen LogP contribution in [-0.4, -0.2) is 38.4 Å². The number of hydrogen-bond acceptors (Lipinski definition) is 3. The average Bonchev–Trinajstić information content (AvgIpc) is 2.69. The molecule has 0 aromatic heterocycles. The van der Waals surface area contributed by atoms with Gasteiger partial charge in [-0.25, -0.2) is 0 Å². The van der Waals surface area contributed by atoms with E-state index in [2.05, 4.69) is 5.32 Å². The van der Waals surface area contributed by atoms with Crippen LogP contribution in [0.4, 0.5) is 5.69 Å². The Balaban J connectivity index is 1.46. The van der Waals surface area contributed by atoms with E-state index in [1.807, 2.05) is 55.5 Å². The van der Waals surface area contributed by atoms with Crippen LogP contribution in [0.2, 0.25) is 0 Å². The number of anilines is 1. The van der Waals surface area contributed by atoms with E-state index >= 15 is 0 Å². The first kappa shape index (κ1) is 19.1. The second-order valence-corrected chi connectivity index (χ2v) is 7.21. The molecule has 3 rings (SSSR count). The zero-order valence-electron chi connectivity index (χ0n) is 16.0. The third-order valence-corrected chi connectivity index (χ3v) is 5.18. The number of benzene rings is 2. The van der Waals surface area contributed by atoms with Gasteiger partial charge in [-0.05, 0) is 31.2 Å². The number of quaternary nitrogens is 1. The van der Waals surface area contributed by atoms with E-state index in [0.717, 1.165) is 48.5 Å². The van der Waals surface area contributed by atoms with Gasteiger partial charge in [-0.2, -0.15) is 0 Å². The maximum absolute atomic E-state index is 12.6. The molecule has 2 aromatic rings. The lowest BCUT2D eigenvalue weighted by molar-refractivity contribution is -0.897. The van der Waals surface area contributed by atoms with Crippen LogP contribution < -0.4 is 15.0 Å². The van der Waals surface area contributed by atoms with Crippen LogP contribution in [0, 0.1) is 12.8 Å². The summed E-state index contributed by atoms with van der Waals surface area (Å²) in [6.07, 6.45) is 1.66. The number of amides is 1. The molecule has 1 amide bonds. The second kappa shape index (κ2) is 8.82. The van der Waals surface area contributed by atoms with Crippen molar-refractivity contribution in [2.75, 3.05) is 32.1 Å². The molecule has 0 atom stereocenters. The van der Waals surface area contributed by atoms with Gasteiger partial charge < -0.3 is 15.0 Å². The topological polar surface area (TPSA) is 59.8 Å². The van der Waals surface area contributed by atoms with E-state index in [1.54, 1.807) is 7.11 Å². The number of nitrogens with one attached hydrogen (secondary N) is 2. The molecular weight excluding hydrogens is 340 g/mol. The van der Waals surface area contributed by atoms with Gasteiger partial charge in [0.2, 0.25) is 0 Å². The summed E-state index contributed by atoms with van der Waals surface area (Å²) in [6, 6.07) is 15.1. The minimum Gasteiger partial charge on any atom is -0.497 e. The molecule has 0 aliphatic carbocycles. The number of carbonyl (C=O) groups excluding carboxylic acids is 2. The molecular formula is C22H27N2O3+. The maximum Gasteiger partial charge on any atom is 0.279 e. The molecule has 1 saturated heterocycles. The molecule has 0 unspecified atom stereocenters. The number of hydrogen-bond donors (Lipinski definition) is 2. The van der Waals surface area contributed by atoms with Crippen molar-refractivity contribution in [3.8, 4) is 5.75 Å². The summed E-state index contributed by atoms with van der Waals surface area (Å²) in [6.45, 7) is 4.14. The fourth-order valence-electron chi connectivity index (χ4n) is 3.53. The minimum absolute atomic E-state index is 0.00141. The van der Waals surface area contributed by atoms with Gasteiger partial charge in [0.25, 0.3) is 5.91 Å². The summed E-state index contributed by atoms with van der Waals surface area (Å²) in [4.78, 5) is 26.1. The summed E-state index contributed by atoms with van der Waals surface area (Å²) in [5.74, 6) is 1.07. The van der Waals surface area contributed by atoms with Crippen molar-refractivity contribution >= 4 is 17.4 Å². The minimum atomic E-state index is -0.00141. The third kappa shape index (κ3) is 5.17. The van der Waals surface area contributed by atoms with Crippen molar-refractivity contribution in [1.29, 1.82) is 0 Å². The molecule has 0 bridgehead atoms. The summed E-state index contributed by atoms with van der Waals surface area (Å²) in [5.41, 5.74) is 2.73. The molecule has 1 aliphatic rings. The Labute approximate surface area is 160 Å². The quantitative estimate of drug-likeness (QED) is 0.769. The van der Waals surface area contributed by atoms with Gasteiger partial charge in [0.05, 0.1) is 20.2 Å². The SMILES string of the molecule is COc1ccc(NC(=O)C[NH+]2CCC(C(=O)c3ccc(C)cc3)CC2)cc1. The first-order chi connectivity index (χ1) is 13.0. The Bertz CT molecular complexity index is 776. The van der Waals surface area contributed by atoms with Crippen molar-refractivity contribution in [2.24, 2.45) is 5.92 Å². The molecule has 27 heavy (non-hydrogen) atoms. The van der Waals surface area contributed by atoms with Crippen LogP contribution in [0.3, 0.4) is 0 Å². The predicted molar refractivity (Wildman–Crippen MR) is 105 cm³/mol. The van der Waals surface area contributed by atoms with Gasteiger partial charge in [-0.1, -0.05) is 29.8 Å². The number of carbonyl (C=O) groups is 2. The highest BCUT2D eigenvalue weighted by molar-refractivity contribution is 5.98. The van der Waals surface area contributed by atoms with Gasteiger partial charge in [0.1, 0.15) is 5.75 Å². The smallest absolute Gasteiger partial charge is 0.279 e. The van der Waals surface area contributed by atoms with Crippen LogP contribution in [0.15, 0.2) is 48.5 Å². The van der Waals surface area contributed by atoms with Crippen molar-refractivity contribution < 1.29 is 19.2 Å². The highest BCUT2D eigenvalue weighted by Gasteiger charge is 2.29. The predicted octanol–water partition coefficient (Wildman–Crippen LogP) is 2.12. The highest BCUT2D eigenvalue weighted by atomic mass is 16.5. The molecule has 5 nitrogen and oxygen atoms in total. The molecule has 2 aromatic carbocycles. The first-order valence-electron chi connectivity index (χ1n) is 9.43. The molecule has 0 radical (unpaired) electrons. The molecule has 1 heterocycles. The lowest BCUT2D eigenvalue weighted by Gasteiger charge is -2.28. The third-order valence-electron chi connectivity index (χ3n) is 5.18. The van der Waals surface area contributed by atoms with Crippen LogP contribution in [0.1, 0.15) is 28.8 Å². The molecule has 2 N–H and O–H groups in total. The van der Waals surface area contributed by atoms with E-state index in [0.29, 0.717) is 6.54 Å². The van der Waals surface area contributed by atoms with Crippen molar-refractivity contribution in [2.45, 2.75) is 19.8 Å². The van der Waals surface area contributed by atoms with Crippen molar-refractivity contribution in [3.63, 3.8) is 0 Å². The van der Waals surface area contributed by atoms with Crippen molar-refractivity contribution in [1.82, 2.24) is 0 Å². The van der Waals surface area contributed by atoms with Crippen LogP contribution in [0.25, 0.3) is 0 Å². The van der Waals surface area contributed by atoms with Crippen LogP contribution in [-0.2, 0) is 4.79 Å². The summed E-state index contributed by atoms with van der Waals surface area (Å²) in [7, 11) is 1.62. The average molecular weight is 367 g/mol. The lowest BCUT2D eigenvalue weighted by Crippen LogP contribution is -3.14. The zero-order valence-corrected chi connectivity index (χ0v) is 16.0. The Morgan fingerprint density at radius 2 is 1.67 bits per heavy atom. The number of Topliss-reactive ketones (excluding diaryl/α,β-unsaturated/α-hetero) is 1. The normalized spacial score (nSPS) is 19.3. The number of piperidine rings is 1. The molecule has 1 aliphatic heterocycles. The Kier molecular flexibility index (Phi) is 6.24. The molecule has 1 fully saturated rings. The summed E-state index contributed by atoms with van der Waals surface area (Å²) < 4.78 is 5.12. The van der Waals surface area contributed by atoms with Crippen LogP contribution in [0.5, 0.6) is 5.75 Å². The van der Waals surface area contributed by atoms with Gasteiger partial charge in [0.15, 0.2) is 12.3 Å². The molecule has 0 spiro atoms. The second-order valence-electron chi connectivity index (χ2n) is 7.21. The maximum atomic E-state index is 12.6. The van der Waals surface area contributed by atoms with Gasteiger partial charge in [-0.15, -0.1) is 0 Å². The van der Waals surface area contributed by atoms with E-state index in [1.165, 1.54) is 4.90 Å². The molecule has 142 valence electrons. The Morgan fingerprint density at radius 3 is 2.26 bits per heavy atom. The number of rotatable bonds is 6. The van der Waals surface area contributed by atoms with E-state index in [9.17, 15) is 9.59 Å². The number of ether oxygens (including phenoxy) is 1. The number of likely N-dealkylation sites (tertiary alicyclic amines) is 1. The fourth-order valence-corrected chi connectivity index (χ4v) is 3.53. The van der Waals surface area contributed by atoms with Gasteiger partial charge in [0, 0.05) is 30.0 Å². The largest absolute Gasteiger partial charge is 0.497 e. The van der Waals surface area contributed by atoms with E-state index in [4.69, 9.17) is 4.74 Å². The lowest BCUT2D eigenvalue weighted by atomic mass is 9.88. The standard InChI is InChI=1S/C22H26N2O3/c1-16-3-5-17(6-4-16)22(26)18-11-13-24(14-12-18)15-21(25)23-19-7-9-20(27-2)10-8-19/h3-10,18H,11-15H2,1-2H3,(H,23,25)/p+1. The highest BCUT2D eigenvalue weighted by Crippen LogP contribution is 2.18. The van der Waals surface area contributed by atoms with Crippen molar-refractivity contribution in [3.05, 3.63) is 59.7 Å². The van der Waals surface area contributed by atoms with Crippen LogP contribution >= 0.6 is 0 Å². The Morgan fingerprint density at radius 1 is 1.04 bits per heavy atom. The fraction of sp³-hybridized carbons (Fsp3) is 0.364. The first-order valence-corrected chi connectivity index (χ1v) is 9.43. The van der Waals surface area contributed by atoms with E-state index < -0.39 is 0 Å².